The van der Waals surface area contributed by atoms with Gasteiger partial charge in [-0.15, -0.1) is 0 Å². The quantitative estimate of drug-likeness (QED) is 0.312. The van der Waals surface area contributed by atoms with Crippen molar-refractivity contribution in [2.75, 3.05) is 5.75 Å². The number of hydrogen-bond donors (Lipinski definition) is 3. The van der Waals surface area contributed by atoms with Gasteiger partial charge in [-0.25, -0.2) is 0 Å². The van der Waals surface area contributed by atoms with Crippen LogP contribution in [0.4, 0.5) is 5.69 Å². The van der Waals surface area contributed by atoms with Crippen molar-refractivity contribution in [1.82, 2.24) is 0 Å². The molecule has 6 nitrogen and oxygen atoms in total. The minimum Gasteiger partial charge on any atom is -0.389 e. The lowest BCUT2D eigenvalue weighted by Gasteiger charge is -2.16. The second-order valence-electron chi connectivity index (χ2n) is 3.39. The van der Waals surface area contributed by atoms with E-state index >= 15 is 0 Å². The summed E-state index contributed by atoms with van der Waals surface area (Å²) < 4.78 is 0. The summed E-state index contributed by atoms with van der Waals surface area (Å²) in [4.78, 5) is 20.6. The maximum atomic E-state index is 10.7. The lowest BCUT2D eigenvalue weighted by atomic mass is 10.0. The van der Waals surface area contributed by atoms with Crippen LogP contribution in [0.3, 0.4) is 0 Å². The smallest absolute Gasteiger partial charge is 0.279 e. The molecule has 92 valence electrons. The Morgan fingerprint density at radius 3 is 2.59 bits per heavy atom. The Hall–Kier alpha value is -1.44. The molecule has 0 aliphatic rings. The number of aliphatic hydroxyl groups excluding tert-OH is 2. The van der Waals surface area contributed by atoms with Crippen molar-refractivity contribution in [2.45, 2.75) is 12.2 Å². The number of benzene rings is 1. The normalized spacial score (nSPS) is 14.1. The van der Waals surface area contributed by atoms with E-state index in [1.165, 1.54) is 12.1 Å². The van der Waals surface area contributed by atoms with Gasteiger partial charge in [0.2, 0.25) is 0 Å². The number of carbonyl (C=O) groups excluding carboxylic acids is 1. The molecule has 2 atom stereocenters. The third-order valence-electron chi connectivity index (χ3n) is 2.27. The van der Waals surface area contributed by atoms with Crippen LogP contribution < -0.4 is 0 Å². The van der Waals surface area contributed by atoms with Crippen molar-refractivity contribution in [3.8, 4) is 0 Å². The molecular weight excluding hydrogens is 246 g/mol. The van der Waals surface area contributed by atoms with Crippen molar-refractivity contribution in [3.63, 3.8) is 0 Å². The van der Waals surface area contributed by atoms with Crippen LogP contribution in [0.2, 0.25) is 0 Å². The summed E-state index contributed by atoms with van der Waals surface area (Å²) in [5, 5.41) is 29.6. The molecule has 1 aromatic carbocycles. The van der Waals surface area contributed by atoms with Gasteiger partial charge in [-0.05, 0) is 17.7 Å². The first kappa shape index (κ1) is 13.6. The van der Waals surface area contributed by atoms with Gasteiger partial charge in [0.15, 0.2) is 6.29 Å². The third-order valence-corrected chi connectivity index (χ3v) is 2.64. The van der Waals surface area contributed by atoms with Crippen molar-refractivity contribution in [3.05, 3.63) is 39.4 Å². The summed E-state index contributed by atoms with van der Waals surface area (Å²) in [6.45, 7) is 0. The topological polar surface area (TPSA) is 101 Å². The first-order chi connectivity index (χ1) is 8.01. The van der Waals surface area contributed by atoms with Crippen molar-refractivity contribution in [1.29, 1.82) is 0 Å². The summed E-state index contributed by atoms with van der Waals surface area (Å²) >= 11 is 3.82. The summed E-state index contributed by atoms with van der Waals surface area (Å²) in [7, 11) is 0. The second-order valence-corrected chi connectivity index (χ2v) is 3.75. The van der Waals surface area contributed by atoms with Gasteiger partial charge in [-0.3, -0.25) is 14.9 Å². The first-order valence-electron chi connectivity index (χ1n) is 4.71. The molecule has 2 N–H and O–H groups in total. The average Bonchev–Trinajstić information content (AvgIpc) is 2.35. The van der Waals surface area contributed by atoms with E-state index in [-0.39, 0.29) is 22.6 Å². The Labute approximate surface area is 102 Å². The molecule has 0 aliphatic carbocycles. The molecule has 0 bridgehead atoms. The van der Waals surface area contributed by atoms with Gasteiger partial charge in [0.1, 0.15) is 6.10 Å². The molecule has 1 aromatic rings. The summed E-state index contributed by atoms with van der Waals surface area (Å²) in [6, 6.07) is 3.60. The number of thiol groups is 1. The van der Waals surface area contributed by atoms with Crippen LogP contribution in [0.25, 0.3) is 0 Å². The molecule has 0 aromatic heterocycles. The Morgan fingerprint density at radius 1 is 1.47 bits per heavy atom. The second kappa shape index (κ2) is 5.76. The number of rotatable bonds is 5. The molecule has 17 heavy (non-hydrogen) atoms. The van der Waals surface area contributed by atoms with Crippen LogP contribution in [0, 0.1) is 10.1 Å². The molecule has 0 aliphatic heterocycles. The maximum absolute atomic E-state index is 10.7. The fraction of sp³-hybridized carbons (Fsp3) is 0.300. The van der Waals surface area contributed by atoms with E-state index in [4.69, 9.17) is 0 Å². The largest absolute Gasteiger partial charge is 0.389 e. The molecule has 0 fully saturated rings. The number of nitro groups is 1. The van der Waals surface area contributed by atoms with Gasteiger partial charge in [0.25, 0.3) is 5.69 Å². The predicted molar refractivity (Wildman–Crippen MR) is 63.3 cm³/mol. The average molecular weight is 257 g/mol. The zero-order valence-electron chi connectivity index (χ0n) is 8.68. The van der Waals surface area contributed by atoms with Crippen LogP contribution in [-0.4, -0.2) is 33.3 Å². The number of nitrogens with zero attached hydrogens (tertiary/aromatic N) is 1. The SMILES string of the molecule is O=Cc1cc(C(O)C(O)CS)ccc1[N+](=O)[O-]. The molecule has 1 rings (SSSR count). The molecule has 0 amide bonds. The lowest BCUT2D eigenvalue weighted by Crippen LogP contribution is -2.19. The molecule has 0 heterocycles. The molecule has 0 radical (unpaired) electrons. The number of hydrogen-bond acceptors (Lipinski definition) is 6. The number of aliphatic hydroxyl groups is 2. The molecule has 7 heteroatoms. The Morgan fingerprint density at radius 2 is 2.12 bits per heavy atom. The number of nitro benzene ring substituents is 1. The van der Waals surface area contributed by atoms with Crippen LogP contribution in [0.1, 0.15) is 22.0 Å². The van der Waals surface area contributed by atoms with Crippen molar-refractivity contribution in [2.24, 2.45) is 0 Å². The van der Waals surface area contributed by atoms with Crippen LogP contribution in [0.5, 0.6) is 0 Å². The van der Waals surface area contributed by atoms with Crippen LogP contribution in [-0.2, 0) is 0 Å². The van der Waals surface area contributed by atoms with Gasteiger partial charge in [-0.1, -0.05) is 0 Å². The zero-order valence-corrected chi connectivity index (χ0v) is 9.58. The highest BCUT2D eigenvalue weighted by atomic mass is 32.1. The molecule has 0 saturated carbocycles. The van der Waals surface area contributed by atoms with Gasteiger partial charge in [-0.2, -0.15) is 12.6 Å². The van der Waals surface area contributed by atoms with E-state index in [1.807, 2.05) is 0 Å². The van der Waals surface area contributed by atoms with E-state index in [0.717, 1.165) is 6.07 Å². The molecular formula is C10H11NO5S. The summed E-state index contributed by atoms with van der Waals surface area (Å²) in [5.41, 5.74) is -0.242. The van der Waals surface area contributed by atoms with E-state index in [0.29, 0.717) is 6.29 Å². The zero-order chi connectivity index (χ0) is 13.0. The van der Waals surface area contributed by atoms with E-state index in [2.05, 4.69) is 12.6 Å². The highest BCUT2D eigenvalue weighted by Gasteiger charge is 2.20. The van der Waals surface area contributed by atoms with E-state index in [9.17, 15) is 25.1 Å². The van der Waals surface area contributed by atoms with Gasteiger partial charge in [0.05, 0.1) is 16.6 Å². The van der Waals surface area contributed by atoms with Gasteiger partial charge in [0, 0.05) is 11.8 Å². The molecule has 0 spiro atoms. The summed E-state index contributed by atoms with van der Waals surface area (Å²) in [5.74, 6) is 0.0363. The Balaban J connectivity index is 3.13. The summed E-state index contributed by atoms with van der Waals surface area (Å²) in [6.07, 6.45) is -1.99. The number of carbonyl (C=O) groups is 1. The Bertz CT molecular complexity index is 437. The maximum Gasteiger partial charge on any atom is 0.279 e. The van der Waals surface area contributed by atoms with Crippen LogP contribution >= 0.6 is 12.6 Å². The number of aldehydes is 1. The highest BCUT2D eigenvalue weighted by molar-refractivity contribution is 7.80. The van der Waals surface area contributed by atoms with Gasteiger partial charge >= 0.3 is 0 Å². The monoisotopic (exact) mass is 257 g/mol. The fourth-order valence-electron chi connectivity index (χ4n) is 1.34. The van der Waals surface area contributed by atoms with Crippen molar-refractivity contribution < 1.29 is 19.9 Å². The van der Waals surface area contributed by atoms with Crippen molar-refractivity contribution >= 4 is 24.6 Å². The fourth-order valence-corrected chi connectivity index (χ4v) is 1.54. The first-order valence-corrected chi connectivity index (χ1v) is 5.35. The third kappa shape index (κ3) is 3.02. The minimum atomic E-state index is -1.23. The van der Waals surface area contributed by atoms with E-state index in [1.54, 1.807) is 0 Å². The van der Waals surface area contributed by atoms with Gasteiger partial charge < -0.3 is 10.2 Å². The highest BCUT2D eigenvalue weighted by Crippen LogP contribution is 2.24. The van der Waals surface area contributed by atoms with Crippen LogP contribution in [0.15, 0.2) is 18.2 Å². The minimum absolute atomic E-state index is 0.0363. The lowest BCUT2D eigenvalue weighted by molar-refractivity contribution is -0.385. The Kier molecular flexibility index (Phi) is 4.62. The standard InChI is InChI=1S/C10H11NO5S/c12-4-7-3-6(10(14)9(13)5-17)1-2-8(7)11(15)16/h1-4,9-10,13-14,17H,5H2. The predicted octanol–water partition coefficient (Wildman–Crippen LogP) is 0.731. The van der Waals surface area contributed by atoms with E-state index < -0.39 is 17.1 Å². The molecule has 0 saturated heterocycles. The molecule has 2 unspecified atom stereocenters.